The second-order valence-corrected chi connectivity index (χ2v) is 10.2. The van der Waals surface area contributed by atoms with Gasteiger partial charge in [-0.2, -0.15) is 0 Å². The number of hydrogen-bond donors (Lipinski definition) is 0. The summed E-state index contributed by atoms with van der Waals surface area (Å²) in [6.07, 6.45) is 6.13. The lowest BCUT2D eigenvalue weighted by Gasteiger charge is -2.36. The molecule has 0 saturated carbocycles. The Hall–Kier alpha value is -2.75. The van der Waals surface area contributed by atoms with E-state index >= 15 is 0 Å². The standard InChI is InChI=1S/C30H39NO3/c1-4-30(2,3)28(33)29(34)31-22-12-11-17-26(31)27(32)21-20-25(24-15-9-6-10-16-24)19-18-23-13-7-5-8-14-23/h5-10,13-16,25-26H,4,11-12,17-22H2,1-3H3. The molecule has 1 aliphatic heterocycles. The summed E-state index contributed by atoms with van der Waals surface area (Å²) >= 11 is 0. The Morgan fingerprint density at radius 1 is 0.941 bits per heavy atom. The number of ketones is 2. The zero-order valence-corrected chi connectivity index (χ0v) is 21.0. The molecule has 3 rings (SSSR count). The van der Waals surface area contributed by atoms with Gasteiger partial charge in [0.15, 0.2) is 5.78 Å². The number of piperidine rings is 1. The van der Waals surface area contributed by atoms with Crippen molar-refractivity contribution >= 4 is 17.5 Å². The molecular weight excluding hydrogens is 422 g/mol. The third-order valence-corrected chi connectivity index (χ3v) is 7.46. The van der Waals surface area contributed by atoms with Gasteiger partial charge >= 0.3 is 0 Å². The topological polar surface area (TPSA) is 54.5 Å². The molecule has 34 heavy (non-hydrogen) atoms. The van der Waals surface area contributed by atoms with Crippen molar-refractivity contribution < 1.29 is 14.4 Å². The van der Waals surface area contributed by atoms with Gasteiger partial charge in [-0.05, 0) is 62.0 Å². The predicted octanol–water partition coefficient (Wildman–Crippen LogP) is 6.14. The number of Topliss-reactive ketones (excluding diaryl/α,β-unsaturated/α-hetero) is 2. The molecule has 4 nitrogen and oxygen atoms in total. The normalized spacial score (nSPS) is 17.3. The summed E-state index contributed by atoms with van der Waals surface area (Å²) in [7, 11) is 0. The lowest BCUT2D eigenvalue weighted by molar-refractivity contribution is -0.153. The Morgan fingerprint density at radius 2 is 1.59 bits per heavy atom. The molecule has 2 aromatic rings. The van der Waals surface area contributed by atoms with Crippen LogP contribution in [0.5, 0.6) is 0 Å². The molecular formula is C30H39NO3. The summed E-state index contributed by atoms with van der Waals surface area (Å²) < 4.78 is 0. The van der Waals surface area contributed by atoms with E-state index < -0.39 is 17.4 Å². The van der Waals surface area contributed by atoms with E-state index in [9.17, 15) is 14.4 Å². The highest BCUT2D eigenvalue weighted by atomic mass is 16.2. The largest absolute Gasteiger partial charge is 0.326 e. The molecule has 0 bridgehead atoms. The van der Waals surface area contributed by atoms with Gasteiger partial charge in [0.1, 0.15) is 0 Å². The van der Waals surface area contributed by atoms with Gasteiger partial charge in [0.25, 0.3) is 5.91 Å². The molecule has 0 aromatic heterocycles. The van der Waals surface area contributed by atoms with E-state index in [2.05, 4.69) is 48.5 Å². The number of carbonyl (C=O) groups excluding carboxylic acids is 3. The number of rotatable bonds is 11. The molecule has 0 radical (unpaired) electrons. The number of carbonyl (C=O) groups is 3. The first kappa shape index (κ1) is 25.9. The Morgan fingerprint density at radius 3 is 2.24 bits per heavy atom. The molecule has 0 N–H and O–H groups in total. The molecule has 1 heterocycles. The van der Waals surface area contributed by atoms with Crippen LogP contribution in [0, 0.1) is 5.41 Å². The fraction of sp³-hybridized carbons (Fsp3) is 0.500. The SMILES string of the molecule is CCC(C)(C)C(=O)C(=O)N1CCCCC1C(=O)CCC(CCc1ccccc1)c1ccccc1. The lowest BCUT2D eigenvalue weighted by Crippen LogP contribution is -2.52. The minimum Gasteiger partial charge on any atom is -0.326 e. The number of nitrogens with zero attached hydrogens (tertiary/aromatic N) is 1. The maximum atomic E-state index is 13.4. The third kappa shape index (κ3) is 6.65. The zero-order valence-electron chi connectivity index (χ0n) is 21.0. The molecule has 4 heteroatoms. The van der Waals surface area contributed by atoms with E-state index in [0.717, 1.165) is 32.1 Å². The van der Waals surface area contributed by atoms with Gasteiger partial charge in [-0.3, -0.25) is 14.4 Å². The summed E-state index contributed by atoms with van der Waals surface area (Å²) in [4.78, 5) is 40.8. The van der Waals surface area contributed by atoms with Crippen molar-refractivity contribution in [1.29, 1.82) is 0 Å². The van der Waals surface area contributed by atoms with Crippen molar-refractivity contribution in [3.05, 3.63) is 71.8 Å². The summed E-state index contributed by atoms with van der Waals surface area (Å²) in [5.41, 5.74) is 1.86. The van der Waals surface area contributed by atoms with E-state index in [-0.39, 0.29) is 17.5 Å². The van der Waals surface area contributed by atoms with Gasteiger partial charge < -0.3 is 4.90 Å². The summed E-state index contributed by atoms with van der Waals surface area (Å²) in [5.74, 6) is -0.483. The van der Waals surface area contributed by atoms with Gasteiger partial charge in [-0.1, -0.05) is 81.4 Å². The highest BCUT2D eigenvalue weighted by Gasteiger charge is 2.39. The molecule has 0 spiro atoms. The zero-order chi connectivity index (χ0) is 24.6. The van der Waals surface area contributed by atoms with Crippen LogP contribution < -0.4 is 0 Å². The molecule has 182 valence electrons. The second kappa shape index (κ2) is 12.1. The van der Waals surface area contributed by atoms with Crippen molar-refractivity contribution in [2.75, 3.05) is 6.54 Å². The predicted molar refractivity (Wildman–Crippen MR) is 137 cm³/mol. The fourth-order valence-corrected chi connectivity index (χ4v) is 4.76. The molecule has 2 unspecified atom stereocenters. The minimum absolute atomic E-state index is 0.0933. The van der Waals surface area contributed by atoms with Gasteiger partial charge in [0.2, 0.25) is 5.78 Å². The van der Waals surface area contributed by atoms with Crippen LogP contribution in [0.25, 0.3) is 0 Å². The van der Waals surface area contributed by atoms with Crippen LogP contribution >= 0.6 is 0 Å². The quantitative estimate of drug-likeness (QED) is 0.378. The van der Waals surface area contributed by atoms with Crippen molar-refractivity contribution in [3.63, 3.8) is 0 Å². The number of likely N-dealkylation sites (tertiary alicyclic amines) is 1. The fourth-order valence-electron chi connectivity index (χ4n) is 4.76. The lowest BCUT2D eigenvalue weighted by atomic mass is 9.83. The Bertz CT molecular complexity index is 952. The Labute approximate surface area is 204 Å². The average molecular weight is 462 g/mol. The number of hydrogen-bond acceptors (Lipinski definition) is 3. The summed E-state index contributed by atoms with van der Waals surface area (Å²) in [6.45, 7) is 6.04. The molecule has 2 aromatic carbocycles. The number of benzene rings is 2. The van der Waals surface area contributed by atoms with E-state index in [1.165, 1.54) is 11.1 Å². The van der Waals surface area contributed by atoms with E-state index in [0.29, 0.717) is 25.8 Å². The van der Waals surface area contributed by atoms with Crippen LogP contribution in [0.3, 0.4) is 0 Å². The summed E-state index contributed by atoms with van der Waals surface area (Å²) in [5, 5.41) is 0. The maximum Gasteiger partial charge on any atom is 0.291 e. The van der Waals surface area contributed by atoms with Crippen molar-refractivity contribution in [2.45, 2.75) is 84.1 Å². The van der Waals surface area contributed by atoms with Crippen LogP contribution in [-0.4, -0.2) is 35.0 Å². The number of aryl methyl sites for hydroxylation is 1. The van der Waals surface area contributed by atoms with Crippen LogP contribution in [-0.2, 0) is 20.8 Å². The van der Waals surface area contributed by atoms with Crippen LogP contribution in [0.2, 0.25) is 0 Å². The minimum atomic E-state index is -0.696. The molecule has 2 atom stereocenters. The molecule has 1 amide bonds. The first-order chi connectivity index (χ1) is 16.3. The Balaban J connectivity index is 1.68. The average Bonchev–Trinajstić information content (AvgIpc) is 2.88. The first-order valence-electron chi connectivity index (χ1n) is 12.8. The third-order valence-electron chi connectivity index (χ3n) is 7.46. The monoisotopic (exact) mass is 461 g/mol. The molecule has 0 aliphatic carbocycles. The first-order valence-corrected chi connectivity index (χ1v) is 12.8. The molecule has 1 fully saturated rings. The van der Waals surface area contributed by atoms with Crippen molar-refractivity contribution in [1.82, 2.24) is 4.90 Å². The molecule has 1 aliphatic rings. The highest BCUT2D eigenvalue weighted by molar-refractivity contribution is 6.38. The summed E-state index contributed by atoms with van der Waals surface area (Å²) in [6, 6.07) is 20.4. The van der Waals surface area contributed by atoms with Crippen LogP contribution in [0.1, 0.15) is 82.8 Å². The van der Waals surface area contributed by atoms with E-state index in [1.54, 1.807) is 4.90 Å². The second-order valence-electron chi connectivity index (χ2n) is 10.2. The highest BCUT2D eigenvalue weighted by Crippen LogP contribution is 2.30. The van der Waals surface area contributed by atoms with Gasteiger partial charge in [-0.25, -0.2) is 0 Å². The Kier molecular flexibility index (Phi) is 9.20. The van der Waals surface area contributed by atoms with E-state index in [4.69, 9.17) is 0 Å². The van der Waals surface area contributed by atoms with Gasteiger partial charge in [0, 0.05) is 18.4 Å². The van der Waals surface area contributed by atoms with E-state index in [1.807, 2.05) is 32.9 Å². The maximum absolute atomic E-state index is 13.4. The number of amides is 1. The van der Waals surface area contributed by atoms with Crippen LogP contribution in [0.15, 0.2) is 60.7 Å². The smallest absolute Gasteiger partial charge is 0.291 e. The van der Waals surface area contributed by atoms with Crippen molar-refractivity contribution in [2.24, 2.45) is 5.41 Å². The molecule has 1 saturated heterocycles. The van der Waals surface area contributed by atoms with Crippen molar-refractivity contribution in [3.8, 4) is 0 Å². The van der Waals surface area contributed by atoms with Crippen LogP contribution in [0.4, 0.5) is 0 Å². The van der Waals surface area contributed by atoms with Gasteiger partial charge in [0.05, 0.1) is 6.04 Å². The van der Waals surface area contributed by atoms with Gasteiger partial charge in [-0.15, -0.1) is 0 Å².